The average Bonchev–Trinajstić information content (AvgIpc) is 2.38. The lowest BCUT2D eigenvalue weighted by Crippen LogP contribution is -2.51. The molecular formula is C12H19N5O3S. The summed E-state index contributed by atoms with van der Waals surface area (Å²) in [6.45, 7) is 4.05. The summed E-state index contributed by atoms with van der Waals surface area (Å²) in [7, 11) is -2.60. The van der Waals surface area contributed by atoms with Crippen LogP contribution in [0.15, 0.2) is 34.2 Å². The number of urea groups is 1. The number of guanidine groups is 1. The quantitative estimate of drug-likeness (QED) is 0.417. The van der Waals surface area contributed by atoms with Crippen LogP contribution < -0.4 is 15.9 Å². The van der Waals surface area contributed by atoms with E-state index in [-0.39, 0.29) is 10.9 Å². The molecule has 8 nitrogen and oxygen atoms in total. The van der Waals surface area contributed by atoms with E-state index in [4.69, 9.17) is 5.73 Å². The molecule has 0 aliphatic rings. The molecule has 1 rings (SSSR count). The molecule has 21 heavy (non-hydrogen) atoms. The van der Waals surface area contributed by atoms with Crippen LogP contribution in [0.4, 0.5) is 4.79 Å². The maximum absolute atomic E-state index is 12.0. The number of carbonyl (C=O) groups is 1. The molecule has 0 saturated carbocycles. The third kappa shape index (κ3) is 4.95. The number of nitrogens with two attached hydrogens (primary N) is 1. The maximum Gasteiger partial charge on any atom is 0.349 e. The number of carbonyl (C=O) groups excluding carboxylic acids is 1. The number of nitrogens with one attached hydrogen (secondary N) is 2. The average molecular weight is 313 g/mol. The molecule has 0 bridgehead atoms. The van der Waals surface area contributed by atoms with Crippen molar-refractivity contribution in [2.75, 3.05) is 13.6 Å². The molecule has 4 N–H and O–H groups in total. The number of benzene rings is 1. The van der Waals surface area contributed by atoms with Crippen molar-refractivity contribution in [2.45, 2.75) is 18.7 Å². The molecule has 1 aromatic rings. The van der Waals surface area contributed by atoms with Crippen molar-refractivity contribution in [3.63, 3.8) is 0 Å². The van der Waals surface area contributed by atoms with Crippen molar-refractivity contribution < 1.29 is 13.2 Å². The molecule has 0 aliphatic heterocycles. The van der Waals surface area contributed by atoms with Gasteiger partial charge in [-0.05, 0) is 26.0 Å². The van der Waals surface area contributed by atoms with Crippen LogP contribution in [0.1, 0.15) is 12.5 Å². The molecule has 2 amide bonds. The second-order valence-electron chi connectivity index (χ2n) is 4.25. The van der Waals surface area contributed by atoms with Crippen LogP contribution in [-0.2, 0) is 10.0 Å². The van der Waals surface area contributed by atoms with Gasteiger partial charge >= 0.3 is 6.03 Å². The molecule has 0 unspecified atom stereocenters. The zero-order valence-electron chi connectivity index (χ0n) is 12.1. The molecule has 9 heteroatoms. The highest BCUT2D eigenvalue weighted by Crippen LogP contribution is 2.09. The first-order chi connectivity index (χ1) is 9.76. The van der Waals surface area contributed by atoms with Crippen LogP contribution in [0.2, 0.25) is 0 Å². The number of hydrogen-bond acceptors (Lipinski definition) is 4. The summed E-state index contributed by atoms with van der Waals surface area (Å²) in [4.78, 5) is 15.6. The minimum absolute atomic E-state index is 0.00467. The van der Waals surface area contributed by atoms with Gasteiger partial charge in [-0.25, -0.2) is 22.9 Å². The number of hydrogen-bond donors (Lipinski definition) is 3. The lowest BCUT2D eigenvalue weighted by atomic mass is 10.2. The highest BCUT2D eigenvalue weighted by molar-refractivity contribution is 7.90. The third-order valence-corrected chi connectivity index (χ3v) is 3.80. The lowest BCUT2D eigenvalue weighted by Gasteiger charge is -2.19. The smallest absolute Gasteiger partial charge is 0.349 e. The van der Waals surface area contributed by atoms with Gasteiger partial charge in [-0.2, -0.15) is 0 Å². The van der Waals surface area contributed by atoms with Gasteiger partial charge in [0, 0.05) is 13.6 Å². The first-order valence-corrected chi connectivity index (χ1v) is 7.68. The maximum atomic E-state index is 12.0. The van der Waals surface area contributed by atoms with Crippen molar-refractivity contribution in [1.82, 2.24) is 15.2 Å². The van der Waals surface area contributed by atoms with Crippen molar-refractivity contribution in [2.24, 2.45) is 10.7 Å². The number of nitrogens with zero attached hydrogens (tertiary/aromatic N) is 2. The topological polar surface area (TPSA) is 117 Å². The molecular weight excluding hydrogens is 294 g/mol. The molecule has 0 radical (unpaired) electrons. The normalized spacial score (nSPS) is 11.9. The monoisotopic (exact) mass is 313 g/mol. The van der Waals surface area contributed by atoms with Gasteiger partial charge in [0.15, 0.2) is 0 Å². The summed E-state index contributed by atoms with van der Waals surface area (Å²) >= 11 is 0. The molecule has 0 spiro atoms. The highest BCUT2D eigenvalue weighted by atomic mass is 32.2. The second kappa shape index (κ2) is 6.93. The Morgan fingerprint density at radius 3 is 2.43 bits per heavy atom. The first kappa shape index (κ1) is 16.8. The Morgan fingerprint density at radius 1 is 1.33 bits per heavy atom. The van der Waals surface area contributed by atoms with Gasteiger partial charge in [0.2, 0.25) is 5.96 Å². The molecule has 0 aliphatic carbocycles. The van der Waals surface area contributed by atoms with Gasteiger partial charge in [-0.15, -0.1) is 0 Å². The molecule has 0 aromatic heterocycles. The Hall–Kier alpha value is -2.29. The van der Waals surface area contributed by atoms with Crippen LogP contribution in [0, 0.1) is 6.92 Å². The van der Waals surface area contributed by atoms with Gasteiger partial charge in [0.1, 0.15) is 0 Å². The summed E-state index contributed by atoms with van der Waals surface area (Å²) in [5.74, 6) is 0.0166. The Balaban J connectivity index is 2.77. The number of sulfonamides is 1. The fourth-order valence-corrected chi connectivity index (χ4v) is 2.37. The molecule has 0 fully saturated rings. The van der Waals surface area contributed by atoms with Crippen LogP contribution >= 0.6 is 0 Å². The number of aliphatic imine (C=N–C) groups is 1. The molecule has 116 valence electrons. The summed E-state index contributed by atoms with van der Waals surface area (Å²) in [6.07, 6.45) is 0. The summed E-state index contributed by atoms with van der Waals surface area (Å²) < 4.78 is 26.0. The van der Waals surface area contributed by atoms with E-state index in [0.717, 1.165) is 10.6 Å². The predicted octanol–water partition coefficient (Wildman–Crippen LogP) is 0.164. The van der Waals surface area contributed by atoms with E-state index in [1.807, 2.05) is 11.6 Å². The van der Waals surface area contributed by atoms with Crippen molar-refractivity contribution in [3.8, 4) is 0 Å². The Kier molecular flexibility index (Phi) is 5.53. The number of amides is 2. The molecule has 0 heterocycles. The number of hydrazine groups is 1. The van der Waals surface area contributed by atoms with E-state index in [0.29, 0.717) is 6.54 Å². The third-order valence-electron chi connectivity index (χ3n) is 2.47. The first-order valence-electron chi connectivity index (χ1n) is 6.20. The minimum Gasteiger partial charge on any atom is -0.369 e. The second-order valence-corrected chi connectivity index (χ2v) is 5.94. The van der Waals surface area contributed by atoms with Crippen LogP contribution in [-0.4, -0.2) is 39.0 Å². The largest absolute Gasteiger partial charge is 0.369 e. The summed E-state index contributed by atoms with van der Waals surface area (Å²) in [5, 5.41) is 0.903. The Morgan fingerprint density at radius 2 is 1.90 bits per heavy atom. The van der Waals surface area contributed by atoms with E-state index < -0.39 is 16.1 Å². The van der Waals surface area contributed by atoms with Gasteiger partial charge in [-0.3, -0.25) is 10.4 Å². The zero-order valence-corrected chi connectivity index (χ0v) is 12.9. The van der Waals surface area contributed by atoms with Gasteiger partial charge in [-0.1, -0.05) is 17.7 Å². The van der Waals surface area contributed by atoms with E-state index in [1.54, 1.807) is 19.1 Å². The summed E-state index contributed by atoms with van der Waals surface area (Å²) in [6, 6.07) is 5.26. The van der Waals surface area contributed by atoms with E-state index in [9.17, 15) is 13.2 Å². The van der Waals surface area contributed by atoms with E-state index >= 15 is 0 Å². The van der Waals surface area contributed by atoms with E-state index in [1.165, 1.54) is 19.2 Å². The number of aryl methyl sites for hydroxylation is 1. The Bertz CT molecular complexity index is 625. The van der Waals surface area contributed by atoms with Crippen LogP contribution in [0.25, 0.3) is 0 Å². The highest BCUT2D eigenvalue weighted by Gasteiger charge is 2.20. The van der Waals surface area contributed by atoms with Crippen LogP contribution in [0.3, 0.4) is 0 Å². The van der Waals surface area contributed by atoms with Crippen molar-refractivity contribution in [1.29, 1.82) is 0 Å². The predicted molar refractivity (Wildman–Crippen MR) is 80.0 cm³/mol. The molecule has 0 atom stereocenters. The molecule has 1 aromatic carbocycles. The van der Waals surface area contributed by atoms with Gasteiger partial charge in [0.25, 0.3) is 10.0 Å². The SMILES string of the molecule is CCN=C(N)NN(C)C(=O)NS(=O)(=O)c1ccc(C)cc1. The van der Waals surface area contributed by atoms with Crippen molar-refractivity contribution >= 4 is 22.0 Å². The minimum atomic E-state index is -3.93. The molecule has 0 saturated heterocycles. The van der Waals surface area contributed by atoms with Crippen LogP contribution in [0.5, 0.6) is 0 Å². The van der Waals surface area contributed by atoms with Gasteiger partial charge < -0.3 is 5.73 Å². The van der Waals surface area contributed by atoms with Crippen molar-refractivity contribution in [3.05, 3.63) is 29.8 Å². The fraction of sp³-hybridized carbons (Fsp3) is 0.333. The summed E-state index contributed by atoms with van der Waals surface area (Å²) in [5.41, 5.74) is 8.85. The zero-order chi connectivity index (χ0) is 16.0. The Labute approximate surface area is 124 Å². The standard InChI is InChI=1S/C12H19N5O3S/c1-4-14-11(13)15-17(3)12(18)16-21(19,20)10-7-5-9(2)6-8-10/h5-8H,4H2,1-3H3,(H,16,18)(H3,13,14,15). The van der Waals surface area contributed by atoms with Gasteiger partial charge in [0.05, 0.1) is 4.90 Å². The van der Waals surface area contributed by atoms with E-state index in [2.05, 4.69) is 10.4 Å². The number of rotatable bonds is 3. The lowest BCUT2D eigenvalue weighted by molar-refractivity contribution is 0.206. The fourth-order valence-electron chi connectivity index (χ4n) is 1.39.